The Labute approximate surface area is 175 Å². The van der Waals surface area contributed by atoms with Gasteiger partial charge in [-0.05, 0) is 72.0 Å². The molecular formula is C21H29BrN2O4. The van der Waals surface area contributed by atoms with Crippen LogP contribution in [0, 0.1) is 12.3 Å². The van der Waals surface area contributed by atoms with E-state index in [1.54, 1.807) is 0 Å². The number of anilines is 1. The number of para-hydroxylation sites is 1. The largest absolute Gasteiger partial charge is 0.414 e. The molecule has 2 heterocycles. The van der Waals surface area contributed by atoms with E-state index >= 15 is 0 Å². The van der Waals surface area contributed by atoms with Gasteiger partial charge < -0.3 is 9.47 Å². The Balaban J connectivity index is 1.58. The molecule has 1 aromatic rings. The number of ether oxygens (including phenoxy) is 2. The van der Waals surface area contributed by atoms with Gasteiger partial charge in [0.05, 0.1) is 11.2 Å². The molecule has 28 heavy (non-hydrogen) atoms. The molecule has 2 amide bonds. The number of aryl methyl sites for hydroxylation is 1. The smallest absolute Gasteiger partial charge is 0.411 e. The van der Waals surface area contributed by atoms with E-state index in [1.807, 2.05) is 30.0 Å². The molecule has 0 radical (unpaired) electrons. The van der Waals surface area contributed by atoms with Crippen LogP contribution in [-0.4, -0.2) is 35.5 Å². The van der Waals surface area contributed by atoms with E-state index in [-0.39, 0.29) is 23.1 Å². The molecule has 154 valence electrons. The first-order valence-corrected chi connectivity index (χ1v) is 10.6. The maximum absolute atomic E-state index is 12.8. The van der Waals surface area contributed by atoms with E-state index in [9.17, 15) is 9.59 Å². The Bertz CT molecular complexity index is 737. The molecule has 0 saturated carbocycles. The van der Waals surface area contributed by atoms with E-state index in [0.29, 0.717) is 5.69 Å². The number of amides is 2. The van der Waals surface area contributed by atoms with Crippen LogP contribution in [0.4, 0.5) is 15.3 Å². The summed E-state index contributed by atoms with van der Waals surface area (Å²) in [4.78, 5) is 26.8. The van der Waals surface area contributed by atoms with Crippen molar-refractivity contribution in [2.45, 2.75) is 71.4 Å². The lowest BCUT2D eigenvalue weighted by atomic mass is 9.68. The molecule has 3 rings (SSSR count). The summed E-state index contributed by atoms with van der Waals surface area (Å²) in [5, 5.41) is 2.68. The summed E-state index contributed by atoms with van der Waals surface area (Å²) >= 11 is 3.40. The number of rotatable bonds is 3. The van der Waals surface area contributed by atoms with Crippen molar-refractivity contribution in [2.24, 2.45) is 5.41 Å². The molecule has 0 spiro atoms. The number of halogens is 1. The van der Waals surface area contributed by atoms with Gasteiger partial charge in [0.15, 0.2) is 0 Å². The number of fused-ring (bicyclic) bond motifs is 2. The number of nitrogens with one attached hydrogen (secondary N) is 1. The van der Waals surface area contributed by atoms with E-state index in [4.69, 9.17) is 9.47 Å². The maximum Gasteiger partial charge on any atom is 0.414 e. The van der Waals surface area contributed by atoms with Crippen LogP contribution in [0.2, 0.25) is 0 Å². The number of carbonyl (C=O) groups is 2. The fraction of sp³-hybridized carbons (Fsp3) is 0.619. The molecule has 2 atom stereocenters. The van der Waals surface area contributed by atoms with E-state index in [2.05, 4.69) is 42.0 Å². The second kappa shape index (κ2) is 7.93. The minimum atomic E-state index is -0.657. The minimum absolute atomic E-state index is 0.0312. The van der Waals surface area contributed by atoms with Crippen molar-refractivity contribution >= 4 is 33.8 Å². The van der Waals surface area contributed by atoms with Gasteiger partial charge in [-0.15, -0.1) is 0 Å². The van der Waals surface area contributed by atoms with E-state index in [1.165, 1.54) is 0 Å². The van der Waals surface area contributed by atoms with Gasteiger partial charge in [0.1, 0.15) is 0 Å². The van der Waals surface area contributed by atoms with Gasteiger partial charge in [-0.3, -0.25) is 10.2 Å². The summed E-state index contributed by atoms with van der Waals surface area (Å²) in [7, 11) is 0. The number of nitrogens with zero attached hydrogens (tertiary/aromatic N) is 1. The highest BCUT2D eigenvalue weighted by Crippen LogP contribution is 2.53. The van der Waals surface area contributed by atoms with Crippen molar-refractivity contribution in [3.63, 3.8) is 0 Å². The Morgan fingerprint density at radius 1 is 1.25 bits per heavy atom. The average Bonchev–Trinajstić information content (AvgIpc) is 2.85. The molecule has 1 aromatic carbocycles. The third-order valence-corrected chi connectivity index (χ3v) is 6.92. The van der Waals surface area contributed by atoms with E-state index < -0.39 is 12.9 Å². The molecule has 2 fully saturated rings. The monoisotopic (exact) mass is 452 g/mol. The second-order valence-electron chi connectivity index (χ2n) is 8.75. The highest BCUT2D eigenvalue weighted by Gasteiger charge is 2.57. The third-order valence-electron chi connectivity index (χ3n) is 6.26. The fourth-order valence-corrected chi connectivity index (χ4v) is 5.28. The zero-order valence-corrected chi connectivity index (χ0v) is 18.6. The number of piperidine rings is 1. The van der Waals surface area contributed by atoms with Crippen LogP contribution >= 0.6 is 15.9 Å². The standard InChI is InChI=1S/C21H29BrN2O4/c1-14-7-5-9-16(22)17(14)23-18(25)27-13-28-19(26)24-15-8-6-11-21(24,12-10-15)20(2,3)4/h5,7,9,15H,6,8,10-13H2,1-4H3,(H,23,25). The van der Waals surface area contributed by atoms with Crippen LogP contribution in [0.1, 0.15) is 58.4 Å². The molecule has 7 heteroatoms. The SMILES string of the molecule is Cc1cccc(Br)c1NC(=O)OCOC(=O)N1C2CCCC1(C(C)(C)C)CC2. The molecule has 2 aliphatic heterocycles. The molecule has 2 unspecified atom stereocenters. The van der Waals surface area contributed by atoms with Crippen molar-refractivity contribution in [1.82, 2.24) is 4.90 Å². The molecule has 0 aromatic heterocycles. The Morgan fingerprint density at radius 3 is 2.68 bits per heavy atom. The average molecular weight is 453 g/mol. The summed E-state index contributed by atoms with van der Waals surface area (Å²) in [5.41, 5.74) is 1.33. The van der Waals surface area contributed by atoms with Gasteiger partial charge >= 0.3 is 12.2 Å². The number of hydrogen-bond donors (Lipinski definition) is 1. The van der Waals surface area contributed by atoms with Crippen molar-refractivity contribution < 1.29 is 19.1 Å². The molecule has 0 aliphatic carbocycles. The lowest BCUT2D eigenvalue weighted by Crippen LogP contribution is -2.60. The summed E-state index contributed by atoms with van der Waals surface area (Å²) in [6.45, 7) is 8.04. The number of benzene rings is 1. The predicted octanol–water partition coefficient (Wildman–Crippen LogP) is 5.83. The number of carbonyl (C=O) groups excluding carboxylic acids is 2. The van der Waals surface area contributed by atoms with Gasteiger partial charge in [0, 0.05) is 10.5 Å². The normalized spacial score (nSPS) is 24.0. The lowest BCUT2D eigenvalue weighted by Gasteiger charge is -2.51. The van der Waals surface area contributed by atoms with Gasteiger partial charge in [-0.2, -0.15) is 0 Å². The van der Waals surface area contributed by atoms with Crippen LogP contribution in [0.5, 0.6) is 0 Å². The van der Waals surface area contributed by atoms with Crippen molar-refractivity contribution in [1.29, 1.82) is 0 Å². The van der Waals surface area contributed by atoms with Crippen LogP contribution in [-0.2, 0) is 9.47 Å². The van der Waals surface area contributed by atoms with Crippen molar-refractivity contribution in [2.75, 3.05) is 12.1 Å². The molecule has 6 nitrogen and oxygen atoms in total. The van der Waals surface area contributed by atoms with E-state index in [0.717, 1.165) is 42.1 Å². The van der Waals surface area contributed by atoms with Gasteiger partial charge in [0.25, 0.3) is 0 Å². The van der Waals surface area contributed by atoms with Crippen molar-refractivity contribution in [3.8, 4) is 0 Å². The Kier molecular flexibility index (Phi) is 5.94. The van der Waals surface area contributed by atoms with Crippen LogP contribution in [0.15, 0.2) is 22.7 Å². The zero-order valence-electron chi connectivity index (χ0n) is 17.0. The predicted molar refractivity (Wildman–Crippen MR) is 111 cm³/mol. The second-order valence-corrected chi connectivity index (χ2v) is 9.61. The topological polar surface area (TPSA) is 67.9 Å². The van der Waals surface area contributed by atoms with Crippen molar-refractivity contribution in [3.05, 3.63) is 28.2 Å². The third kappa shape index (κ3) is 3.86. The molecule has 1 N–H and O–H groups in total. The molecule has 2 saturated heterocycles. The van der Waals surface area contributed by atoms with Gasteiger partial charge in [-0.25, -0.2) is 9.59 Å². The first kappa shape index (κ1) is 21.0. The highest BCUT2D eigenvalue weighted by molar-refractivity contribution is 9.10. The minimum Gasteiger partial charge on any atom is -0.411 e. The summed E-state index contributed by atoms with van der Waals surface area (Å²) in [6, 6.07) is 5.83. The quantitative estimate of drug-likeness (QED) is 0.585. The first-order valence-electron chi connectivity index (χ1n) is 9.81. The summed E-state index contributed by atoms with van der Waals surface area (Å²) < 4.78 is 11.2. The summed E-state index contributed by atoms with van der Waals surface area (Å²) in [6.07, 6.45) is 4.10. The fourth-order valence-electron chi connectivity index (χ4n) is 4.72. The van der Waals surface area contributed by atoms with Crippen LogP contribution < -0.4 is 5.32 Å². The van der Waals surface area contributed by atoms with Gasteiger partial charge in [0.2, 0.25) is 6.79 Å². The Hall–Kier alpha value is -1.76. The molecule has 2 bridgehead atoms. The Morgan fingerprint density at radius 2 is 2.00 bits per heavy atom. The number of hydrogen-bond acceptors (Lipinski definition) is 4. The summed E-state index contributed by atoms with van der Waals surface area (Å²) in [5.74, 6) is 0. The molecule has 2 aliphatic rings. The maximum atomic E-state index is 12.8. The van der Waals surface area contributed by atoms with Crippen LogP contribution in [0.3, 0.4) is 0 Å². The van der Waals surface area contributed by atoms with Crippen LogP contribution in [0.25, 0.3) is 0 Å². The highest BCUT2D eigenvalue weighted by atomic mass is 79.9. The zero-order chi connectivity index (χ0) is 20.5. The lowest BCUT2D eigenvalue weighted by molar-refractivity contribution is -0.0474. The first-order chi connectivity index (χ1) is 13.2. The van der Waals surface area contributed by atoms with Gasteiger partial charge in [-0.1, -0.05) is 32.9 Å². The molecular weight excluding hydrogens is 424 g/mol.